The normalized spacial score (nSPS) is 14.6. The topological polar surface area (TPSA) is 78.4 Å². The van der Waals surface area contributed by atoms with Crippen LogP contribution in [0.15, 0.2) is 24.4 Å². The Labute approximate surface area is 181 Å². The summed E-state index contributed by atoms with van der Waals surface area (Å²) < 4.78 is 0. The van der Waals surface area contributed by atoms with Crippen LogP contribution in [-0.4, -0.2) is 45.2 Å². The molecule has 3 rings (SSSR count). The number of amides is 2. The fraction of sp³-hybridized carbons (Fsp3) is 0.476. The van der Waals surface area contributed by atoms with E-state index >= 15 is 0 Å². The van der Waals surface area contributed by atoms with E-state index in [2.05, 4.69) is 29.1 Å². The van der Waals surface area contributed by atoms with Gasteiger partial charge in [0.05, 0.1) is 34.9 Å². The molecule has 2 N–H and O–H groups in total. The minimum atomic E-state index is -0.414. The molecule has 156 valence electrons. The van der Waals surface area contributed by atoms with Gasteiger partial charge in [-0.25, -0.2) is 14.8 Å². The lowest BCUT2D eigenvalue weighted by atomic mass is 10.1. The predicted octanol–water partition coefficient (Wildman–Crippen LogP) is 3.65. The number of nitrogens with zero attached hydrogens (tertiary/aromatic N) is 3. The molecular weight excluding hydrogens is 411 g/mol. The zero-order chi connectivity index (χ0) is 21.0. The molecule has 1 atom stereocenters. The smallest absolute Gasteiger partial charge is 0.318 e. The average molecular weight is 437 g/mol. The second-order valence-corrected chi connectivity index (χ2v) is 8.62. The molecule has 0 fully saturated rings. The van der Waals surface area contributed by atoms with Crippen LogP contribution in [0.2, 0.25) is 10.0 Å². The maximum absolute atomic E-state index is 12.8. The molecule has 1 aromatic carbocycles. The van der Waals surface area contributed by atoms with Crippen LogP contribution in [0, 0.1) is 5.92 Å². The van der Waals surface area contributed by atoms with Crippen LogP contribution < -0.4 is 5.32 Å². The SMILES string of the molecule is CC(C)Cc1ncc2c(n1)CN(C(=O)N[C@H](CO)Cc1ccc(Cl)c(Cl)c1)CC2. The molecular formula is C21H26Cl2N4O2. The molecule has 0 unspecified atom stereocenters. The van der Waals surface area contributed by atoms with Crippen molar-refractivity contribution in [2.75, 3.05) is 13.2 Å². The molecule has 0 saturated carbocycles. The van der Waals surface area contributed by atoms with Gasteiger partial charge in [0, 0.05) is 19.2 Å². The van der Waals surface area contributed by atoms with Crippen molar-refractivity contribution in [3.05, 3.63) is 57.1 Å². The van der Waals surface area contributed by atoms with Gasteiger partial charge in [-0.1, -0.05) is 43.1 Å². The van der Waals surface area contributed by atoms with Gasteiger partial charge in [0.2, 0.25) is 0 Å². The van der Waals surface area contributed by atoms with Crippen molar-refractivity contribution >= 4 is 29.2 Å². The zero-order valence-corrected chi connectivity index (χ0v) is 18.2. The monoisotopic (exact) mass is 436 g/mol. The zero-order valence-electron chi connectivity index (χ0n) is 16.7. The number of carbonyl (C=O) groups excluding carboxylic acids is 1. The van der Waals surface area contributed by atoms with E-state index in [1.54, 1.807) is 17.0 Å². The second kappa shape index (κ2) is 9.74. The van der Waals surface area contributed by atoms with E-state index in [0.717, 1.165) is 35.5 Å². The minimum Gasteiger partial charge on any atom is -0.394 e. The Morgan fingerprint density at radius 2 is 2.07 bits per heavy atom. The highest BCUT2D eigenvalue weighted by Gasteiger charge is 2.24. The summed E-state index contributed by atoms with van der Waals surface area (Å²) >= 11 is 12.0. The summed E-state index contributed by atoms with van der Waals surface area (Å²) in [6, 6.07) is 4.68. The summed E-state index contributed by atoms with van der Waals surface area (Å²) in [5.74, 6) is 1.29. The van der Waals surface area contributed by atoms with Gasteiger partial charge in [0.1, 0.15) is 5.82 Å². The highest BCUT2D eigenvalue weighted by Crippen LogP contribution is 2.23. The van der Waals surface area contributed by atoms with Crippen molar-refractivity contribution in [1.82, 2.24) is 20.2 Å². The van der Waals surface area contributed by atoms with Gasteiger partial charge < -0.3 is 15.3 Å². The summed E-state index contributed by atoms with van der Waals surface area (Å²) in [6.45, 7) is 5.13. The van der Waals surface area contributed by atoms with Gasteiger partial charge in [0.15, 0.2) is 0 Å². The second-order valence-electron chi connectivity index (χ2n) is 7.81. The number of aromatic nitrogens is 2. The van der Waals surface area contributed by atoms with Crippen molar-refractivity contribution in [1.29, 1.82) is 0 Å². The van der Waals surface area contributed by atoms with Crippen molar-refractivity contribution in [3.8, 4) is 0 Å². The number of hydrogen-bond acceptors (Lipinski definition) is 4. The standard InChI is InChI=1S/C21H26Cl2N4O2/c1-13(2)7-20-24-10-15-5-6-27(11-19(15)26-20)21(29)25-16(12-28)8-14-3-4-17(22)18(23)9-14/h3-4,9-10,13,16,28H,5-8,11-12H2,1-2H3,(H,25,29)/t16-/m0/s1. The average Bonchev–Trinajstić information content (AvgIpc) is 2.69. The van der Waals surface area contributed by atoms with E-state index in [1.807, 2.05) is 12.3 Å². The molecule has 8 heteroatoms. The molecule has 1 aliphatic rings. The number of urea groups is 1. The van der Waals surface area contributed by atoms with Gasteiger partial charge in [-0.05, 0) is 42.0 Å². The van der Waals surface area contributed by atoms with Crippen molar-refractivity contribution in [2.45, 2.75) is 45.7 Å². The first-order chi connectivity index (χ1) is 13.9. The molecule has 1 aliphatic heterocycles. The first-order valence-electron chi connectivity index (χ1n) is 9.79. The summed E-state index contributed by atoms with van der Waals surface area (Å²) in [4.78, 5) is 23.6. The van der Waals surface area contributed by atoms with E-state index in [9.17, 15) is 9.90 Å². The fourth-order valence-corrected chi connectivity index (χ4v) is 3.68. The van der Waals surface area contributed by atoms with Crippen LogP contribution in [0.4, 0.5) is 4.79 Å². The van der Waals surface area contributed by atoms with Crippen LogP contribution >= 0.6 is 23.2 Å². The number of benzene rings is 1. The molecule has 0 spiro atoms. The summed E-state index contributed by atoms with van der Waals surface area (Å²) in [6.07, 6.45) is 3.89. The Balaban J connectivity index is 1.63. The van der Waals surface area contributed by atoms with Crippen molar-refractivity contribution in [3.63, 3.8) is 0 Å². The van der Waals surface area contributed by atoms with Crippen LogP contribution in [0.1, 0.15) is 36.5 Å². The molecule has 0 radical (unpaired) electrons. The Morgan fingerprint density at radius 1 is 1.28 bits per heavy atom. The number of aliphatic hydroxyl groups is 1. The molecule has 2 heterocycles. The maximum atomic E-state index is 12.8. The fourth-order valence-electron chi connectivity index (χ4n) is 3.36. The Kier molecular flexibility index (Phi) is 7.33. The third-order valence-corrected chi connectivity index (χ3v) is 5.63. The molecule has 6 nitrogen and oxygen atoms in total. The molecule has 2 aromatic rings. The van der Waals surface area contributed by atoms with Crippen LogP contribution in [0.5, 0.6) is 0 Å². The van der Waals surface area contributed by atoms with Crippen molar-refractivity contribution < 1.29 is 9.90 Å². The third kappa shape index (κ3) is 5.81. The Bertz CT molecular complexity index is 876. The number of hydrogen-bond donors (Lipinski definition) is 2. The number of halogens is 2. The lowest BCUT2D eigenvalue weighted by Gasteiger charge is -2.30. The van der Waals surface area contributed by atoms with Gasteiger partial charge in [-0.15, -0.1) is 0 Å². The van der Waals surface area contributed by atoms with Crippen molar-refractivity contribution in [2.24, 2.45) is 5.92 Å². The summed E-state index contributed by atoms with van der Waals surface area (Å²) in [5, 5.41) is 13.6. The summed E-state index contributed by atoms with van der Waals surface area (Å²) in [5.41, 5.74) is 2.90. The van der Waals surface area contributed by atoms with Gasteiger partial charge in [-0.3, -0.25) is 0 Å². The van der Waals surface area contributed by atoms with Gasteiger partial charge in [-0.2, -0.15) is 0 Å². The molecule has 0 aliphatic carbocycles. The molecule has 1 aromatic heterocycles. The van der Waals surface area contributed by atoms with E-state index < -0.39 is 6.04 Å². The van der Waals surface area contributed by atoms with Crippen LogP contribution in [0.3, 0.4) is 0 Å². The lowest BCUT2D eigenvalue weighted by molar-refractivity contribution is 0.176. The Morgan fingerprint density at radius 3 is 2.76 bits per heavy atom. The first kappa shape index (κ1) is 21.8. The molecule has 0 saturated heterocycles. The first-order valence-corrected chi connectivity index (χ1v) is 10.5. The van der Waals surface area contributed by atoms with Crippen LogP contribution in [0.25, 0.3) is 0 Å². The quantitative estimate of drug-likeness (QED) is 0.723. The predicted molar refractivity (Wildman–Crippen MR) is 114 cm³/mol. The number of fused-ring (bicyclic) bond motifs is 1. The highest BCUT2D eigenvalue weighted by molar-refractivity contribution is 6.42. The number of nitrogens with one attached hydrogen (secondary N) is 1. The number of aliphatic hydroxyl groups excluding tert-OH is 1. The highest BCUT2D eigenvalue weighted by atomic mass is 35.5. The lowest BCUT2D eigenvalue weighted by Crippen LogP contribution is -2.48. The molecule has 0 bridgehead atoms. The number of rotatable bonds is 6. The van der Waals surface area contributed by atoms with Gasteiger partial charge >= 0.3 is 6.03 Å². The van der Waals surface area contributed by atoms with E-state index in [0.29, 0.717) is 35.5 Å². The van der Waals surface area contributed by atoms with E-state index in [4.69, 9.17) is 23.2 Å². The Hall–Kier alpha value is -1.89. The molecule has 29 heavy (non-hydrogen) atoms. The minimum absolute atomic E-state index is 0.170. The maximum Gasteiger partial charge on any atom is 0.318 e. The van der Waals surface area contributed by atoms with Crippen LogP contribution in [-0.2, 0) is 25.8 Å². The number of carbonyl (C=O) groups is 1. The summed E-state index contributed by atoms with van der Waals surface area (Å²) in [7, 11) is 0. The van der Waals surface area contributed by atoms with E-state index in [1.165, 1.54) is 0 Å². The molecule has 2 amide bonds. The van der Waals surface area contributed by atoms with Gasteiger partial charge in [0.25, 0.3) is 0 Å². The largest absolute Gasteiger partial charge is 0.394 e. The van der Waals surface area contributed by atoms with E-state index in [-0.39, 0.29) is 12.6 Å². The third-order valence-electron chi connectivity index (χ3n) is 4.89.